The van der Waals surface area contributed by atoms with Crippen LogP contribution in [-0.4, -0.2) is 25.0 Å². The monoisotopic (exact) mass is 345 g/mol. The van der Waals surface area contributed by atoms with Crippen LogP contribution in [0.2, 0.25) is 0 Å². The maximum absolute atomic E-state index is 12.5. The van der Waals surface area contributed by atoms with E-state index in [1.807, 2.05) is 0 Å². The summed E-state index contributed by atoms with van der Waals surface area (Å²) in [6.45, 7) is 4.67. The second-order valence-electron chi connectivity index (χ2n) is 9.20. The van der Waals surface area contributed by atoms with Crippen molar-refractivity contribution in [3.63, 3.8) is 0 Å². The molecule has 0 heterocycles. The Morgan fingerprint density at radius 3 is 2.64 bits per heavy atom. The van der Waals surface area contributed by atoms with Crippen LogP contribution in [0.5, 0.6) is 0 Å². The van der Waals surface area contributed by atoms with Crippen LogP contribution in [0.15, 0.2) is 11.6 Å². The van der Waals surface area contributed by atoms with Crippen LogP contribution in [0.4, 0.5) is 4.79 Å². The van der Waals surface area contributed by atoms with Gasteiger partial charge in [0.15, 0.2) is 0 Å². The first kappa shape index (κ1) is 17.1. The summed E-state index contributed by atoms with van der Waals surface area (Å²) < 4.78 is 5.53. The van der Waals surface area contributed by atoms with Crippen LogP contribution in [0, 0.1) is 28.6 Å². The highest BCUT2D eigenvalue weighted by molar-refractivity contribution is 5.87. The molecular weight excluding hydrogens is 314 g/mol. The van der Waals surface area contributed by atoms with Crippen molar-refractivity contribution in [3.05, 3.63) is 11.6 Å². The number of rotatable bonds is 1. The second kappa shape index (κ2) is 5.85. The van der Waals surface area contributed by atoms with Gasteiger partial charge >= 0.3 is 6.09 Å². The lowest BCUT2D eigenvalue weighted by Crippen LogP contribution is -2.50. The lowest BCUT2D eigenvalue weighted by Gasteiger charge is -2.56. The van der Waals surface area contributed by atoms with E-state index in [9.17, 15) is 9.59 Å². The van der Waals surface area contributed by atoms with Crippen LogP contribution in [0.3, 0.4) is 0 Å². The van der Waals surface area contributed by atoms with Crippen molar-refractivity contribution in [3.8, 4) is 0 Å². The first-order chi connectivity index (χ1) is 11.9. The summed E-state index contributed by atoms with van der Waals surface area (Å²) >= 11 is 0. The van der Waals surface area contributed by atoms with Gasteiger partial charge in [-0.05, 0) is 61.7 Å². The van der Waals surface area contributed by atoms with E-state index in [0.29, 0.717) is 23.5 Å². The van der Waals surface area contributed by atoms with Crippen molar-refractivity contribution in [1.29, 1.82) is 0 Å². The normalized spacial score (nSPS) is 45.7. The smallest absolute Gasteiger partial charge is 0.407 e. The number of nitrogens with one attached hydrogen (secondary N) is 1. The Bertz CT molecular complexity index is 627. The molecule has 4 rings (SSSR count). The SMILES string of the molecule is CNC(=O)O[C@@H]1CC[C@@]2(C)C(=CCC3C2CC[C@]2(C)C(=O)CCC32)C1. The average molecular weight is 345 g/mol. The molecule has 0 bridgehead atoms. The summed E-state index contributed by atoms with van der Waals surface area (Å²) in [5, 5.41) is 2.56. The second-order valence-corrected chi connectivity index (χ2v) is 9.20. The van der Waals surface area contributed by atoms with Crippen LogP contribution < -0.4 is 5.32 Å². The van der Waals surface area contributed by atoms with Crippen molar-refractivity contribution in [2.24, 2.45) is 28.6 Å². The van der Waals surface area contributed by atoms with Gasteiger partial charge in [-0.25, -0.2) is 4.79 Å². The number of allylic oxidation sites excluding steroid dienone is 1. The third-order valence-electron chi connectivity index (χ3n) is 8.25. The molecule has 1 N–H and O–H groups in total. The van der Waals surface area contributed by atoms with Crippen LogP contribution in [-0.2, 0) is 9.53 Å². The van der Waals surface area contributed by atoms with Gasteiger partial charge in [0, 0.05) is 25.3 Å². The van der Waals surface area contributed by atoms with Gasteiger partial charge in [-0.3, -0.25) is 4.79 Å². The van der Waals surface area contributed by atoms with Gasteiger partial charge in [0.1, 0.15) is 11.9 Å². The van der Waals surface area contributed by atoms with Gasteiger partial charge in [-0.15, -0.1) is 0 Å². The van der Waals surface area contributed by atoms with Crippen molar-refractivity contribution in [2.45, 2.75) is 71.3 Å². The van der Waals surface area contributed by atoms with Gasteiger partial charge in [-0.1, -0.05) is 25.5 Å². The topological polar surface area (TPSA) is 55.4 Å². The van der Waals surface area contributed by atoms with E-state index in [-0.39, 0.29) is 23.0 Å². The van der Waals surface area contributed by atoms with Gasteiger partial charge < -0.3 is 10.1 Å². The Hall–Kier alpha value is -1.32. The first-order valence-corrected chi connectivity index (χ1v) is 9.99. The summed E-state index contributed by atoms with van der Waals surface area (Å²) in [6.07, 6.45) is 10.3. The molecule has 3 saturated carbocycles. The Labute approximate surface area is 150 Å². The number of hydrogen-bond donors (Lipinski definition) is 1. The average Bonchev–Trinajstić information content (AvgIpc) is 2.90. The van der Waals surface area contributed by atoms with Gasteiger partial charge in [-0.2, -0.15) is 0 Å². The van der Waals surface area contributed by atoms with Crippen molar-refractivity contribution in [2.75, 3.05) is 7.05 Å². The molecule has 4 nitrogen and oxygen atoms in total. The highest BCUT2D eigenvalue weighted by Gasteiger charge is 2.58. The Morgan fingerprint density at radius 2 is 1.88 bits per heavy atom. The first-order valence-electron chi connectivity index (χ1n) is 9.99. The van der Waals surface area contributed by atoms with Gasteiger partial charge in [0.25, 0.3) is 0 Å². The minimum absolute atomic E-state index is 0.0118. The van der Waals surface area contributed by atoms with E-state index in [0.717, 1.165) is 44.9 Å². The zero-order chi connectivity index (χ0) is 17.8. The van der Waals surface area contributed by atoms with Crippen molar-refractivity contribution in [1.82, 2.24) is 5.32 Å². The fourth-order valence-electron chi connectivity index (χ4n) is 6.71. The zero-order valence-corrected chi connectivity index (χ0v) is 15.8. The number of alkyl carbamates (subject to hydrolysis) is 1. The number of amides is 1. The quantitative estimate of drug-likeness (QED) is 0.723. The standard InChI is InChI=1S/C21H31NO3/c1-20-10-8-14(25-19(24)22-3)12-13(20)4-5-15-16-6-7-18(23)21(16,2)11-9-17(15)20/h4,14-17H,5-12H2,1-3H3,(H,22,24)/t14-,15?,16?,17?,20+,21+/m1/s1. The third kappa shape index (κ3) is 2.47. The number of fused-ring (bicyclic) bond motifs is 5. The molecule has 138 valence electrons. The molecule has 0 aromatic rings. The Balaban J connectivity index is 1.56. The van der Waals surface area contributed by atoms with Gasteiger partial charge in [0.2, 0.25) is 0 Å². The molecule has 0 aliphatic heterocycles. The van der Waals surface area contributed by atoms with E-state index < -0.39 is 0 Å². The molecule has 4 heteroatoms. The zero-order valence-electron chi connectivity index (χ0n) is 15.8. The summed E-state index contributed by atoms with van der Waals surface area (Å²) in [5.41, 5.74) is 1.68. The van der Waals surface area contributed by atoms with E-state index in [2.05, 4.69) is 25.2 Å². The molecule has 4 aliphatic rings. The third-order valence-corrected chi connectivity index (χ3v) is 8.25. The molecule has 0 aromatic carbocycles. The molecule has 0 spiro atoms. The summed E-state index contributed by atoms with van der Waals surface area (Å²) in [5.74, 6) is 2.44. The van der Waals surface area contributed by atoms with Gasteiger partial charge in [0.05, 0.1) is 0 Å². The minimum atomic E-state index is -0.319. The van der Waals surface area contributed by atoms with Crippen LogP contribution in [0.1, 0.15) is 65.2 Å². The van der Waals surface area contributed by atoms with E-state index in [1.54, 1.807) is 7.05 Å². The number of carbonyl (C=O) groups is 2. The Kier molecular flexibility index (Phi) is 4.01. The Morgan fingerprint density at radius 1 is 1.16 bits per heavy atom. The minimum Gasteiger partial charge on any atom is -0.446 e. The molecule has 3 unspecified atom stereocenters. The molecule has 25 heavy (non-hydrogen) atoms. The van der Waals surface area contributed by atoms with E-state index >= 15 is 0 Å². The number of ketones is 1. The van der Waals surface area contributed by atoms with E-state index in [4.69, 9.17) is 4.74 Å². The summed E-state index contributed by atoms with van der Waals surface area (Å²) in [7, 11) is 1.61. The van der Waals surface area contributed by atoms with Crippen LogP contribution >= 0.6 is 0 Å². The molecule has 0 saturated heterocycles. The van der Waals surface area contributed by atoms with E-state index in [1.165, 1.54) is 12.0 Å². The fraction of sp³-hybridized carbons (Fsp3) is 0.810. The lowest BCUT2D eigenvalue weighted by molar-refractivity contribution is -0.132. The highest BCUT2D eigenvalue weighted by atomic mass is 16.6. The molecule has 0 aromatic heterocycles. The molecule has 1 amide bonds. The maximum atomic E-state index is 12.5. The molecular formula is C21H31NO3. The number of Topliss-reactive ketones (excluding diaryl/α,β-unsaturated/α-hetero) is 1. The van der Waals surface area contributed by atoms with Crippen molar-refractivity contribution < 1.29 is 14.3 Å². The molecule has 6 atom stereocenters. The summed E-state index contributed by atoms with van der Waals surface area (Å²) in [4.78, 5) is 24.0. The summed E-state index contributed by atoms with van der Waals surface area (Å²) in [6, 6.07) is 0. The lowest BCUT2D eigenvalue weighted by atomic mass is 9.48. The highest BCUT2D eigenvalue weighted by Crippen LogP contribution is 2.64. The molecule has 4 aliphatic carbocycles. The predicted octanol–water partition coefficient (Wildman–Crippen LogP) is 4.24. The number of hydrogen-bond acceptors (Lipinski definition) is 3. The van der Waals surface area contributed by atoms with Crippen LogP contribution in [0.25, 0.3) is 0 Å². The predicted molar refractivity (Wildman–Crippen MR) is 96.0 cm³/mol. The maximum Gasteiger partial charge on any atom is 0.407 e. The van der Waals surface area contributed by atoms with Crippen molar-refractivity contribution >= 4 is 11.9 Å². The number of carbonyl (C=O) groups excluding carboxylic acids is 2. The largest absolute Gasteiger partial charge is 0.446 e. The molecule has 0 radical (unpaired) electrons. The molecule has 3 fully saturated rings. The number of ether oxygens (including phenoxy) is 1. The fourth-order valence-corrected chi connectivity index (χ4v) is 6.71.